The minimum atomic E-state index is 0.683. The Hall–Kier alpha value is -3.76. The van der Waals surface area contributed by atoms with Gasteiger partial charge in [-0.3, -0.25) is 9.67 Å². The number of benzene rings is 2. The van der Waals surface area contributed by atoms with Gasteiger partial charge in [0.1, 0.15) is 5.69 Å². The van der Waals surface area contributed by atoms with Gasteiger partial charge >= 0.3 is 0 Å². The normalized spacial score (nSPS) is 11.4. The van der Waals surface area contributed by atoms with Crippen LogP contribution in [0.4, 0.5) is 0 Å². The van der Waals surface area contributed by atoms with Crippen LogP contribution in [0, 0.1) is 0 Å². The number of nitrogens with zero attached hydrogens (tertiary/aromatic N) is 4. The van der Waals surface area contributed by atoms with Crippen LogP contribution in [-0.4, -0.2) is 19.7 Å². The van der Waals surface area contributed by atoms with Crippen LogP contribution < -0.4 is 0 Å². The van der Waals surface area contributed by atoms with Crippen LogP contribution in [0.5, 0.6) is 0 Å². The van der Waals surface area contributed by atoms with Crippen molar-refractivity contribution in [2.75, 3.05) is 0 Å². The second-order valence-corrected chi connectivity index (χ2v) is 7.70. The molecular weight excluding hydrogens is 404 g/mol. The van der Waals surface area contributed by atoms with Crippen molar-refractivity contribution in [2.24, 2.45) is 0 Å². The molecule has 2 aromatic carbocycles. The standard InChI is InChI=1S/C26H19ClN4/c27-23-11-8-20-9-12-24(29-25(20)15-23)13-10-22-18-31(17-19-5-2-1-3-6-19)30-26(22)21-7-4-14-28-16-21/h1-16,18H,17H2/b13-10+. The van der Waals surface area contributed by atoms with Gasteiger partial charge in [0.05, 0.1) is 17.8 Å². The highest BCUT2D eigenvalue weighted by Gasteiger charge is 2.10. The predicted octanol–water partition coefficient (Wildman–Crippen LogP) is 6.37. The SMILES string of the molecule is Clc1ccc2ccc(/C=C/c3cn(Cc4ccccc4)nc3-c3cccnc3)nc2c1. The Morgan fingerprint density at radius 1 is 0.903 bits per heavy atom. The predicted molar refractivity (Wildman–Crippen MR) is 127 cm³/mol. The molecule has 0 unspecified atom stereocenters. The summed E-state index contributed by atoms with van der Waals surface area (Å²) in [6, 6.07) is 24.1. The molecule has 4 nitrogen and oxygen atoms in total. The zero-order valence-corrected chi connectivity index (χ0v) is 17.4. The number of rotatable bonds is 5. The van der Waals surface area contributed by atoms with Gasteiger partial charge in [-0.15, -0.1) is 0 Å². The van der Waals surface area contributed by atoms with E-state index in [9.17, 15) is 0 Å². The van der Waals surface area contributed by atoms with Gasteiger partial charge in [0.25, 0.3) is 0 Å². The summed E-state index contributed by atoms with van der Waals surface area (Å²) < 4.78 is 1.96. The Bertz CT molecular complexity index is 1360. The van der Waals surface area contributed by atoms with Crippen molar-refractivity contribution >= 4 is 34.7 Å². The zero-order chi connectivity index (χ0) is 21.0. The Labute approximate surface area is 185 Å². The minimum Gasteiger partial charge on any atom is -0.267 e. The van der Waals surface area contributed by atoms with Crippen LogP contribution >= 0.6 is 11.6 Å². The monoisotopic (exact) mass is 422 g/mol. The molecule has 5 rings (SSSR count). The average Bonchev–Trinajstić information content (AvgIpc) is 3.21. The number of pyridine rings is 2. The van der Waals surface area contributed by atoms with Crippen molar-refractivity contribution in [2.45, 2.75) is 6.54 Å². The minimum absolute atomic E-state index is 0.683. The van der Waals surface area contributed by atoms with E-state index in [1.165, 1.54) is 5.56 Å². The molecule has 150 valence electrons. The van der Waals surface area contributed by atoms with Crippen molar-refractivity contribution in [1.29, 1.82) is 0 Å². The Morgan fingerprint density at radius 2 is 1.77 bits per heavy atom. The summed E-state index contributed by atoms with van der Waals surface area (Å²) in [6.45, 7) is 0.703. The fourth-order valence-electron chi connectivity index (χ4n) is 3.51. The lowest BCUT2D eigenvalue weighted by Gasteiger charge is -2.01. The van der Waals surface area contributed by atoms with Gasteiger partial charge in [-0.25, -0.2) is 4.98 Å². The van der Waals surface area contributed by atoms with Crippen molar-refractivity contribution < 1.29 is 0 Å². The Balaban J connectivity index is 1.51. The van der Waals surface area contributed by atoms with Crippen LogP contribution in [0.25, 0.3) is 34.3 Å². The molecule has 0 aliphatic rings. The first kappa shape index (κ1) is 19.2. The van der Waals surface area contributed by atoms with E-state index in [0.29, 0.717) is 11.6 Å². The van der Waals surface area contributed by atoms with Gasteiger partial charge in [0, 0.05) is 40.1 Å². The number of aromatic nitrogens is 4. The van der Waals surface area contributed by atoms with Gasteiger partial charge in [-0.1, -0.05) is 54.1 Å². The molecule has 0 aliphatic heterocycles. The van der Waals surface area contributed by atoms with Gasteiger partial charge < -0.3 is 0 Å². The Morgan fingerprint density at radius 3 is 2.61 bits per heavy atom. The molecule has 0 spiro atoms. The summed E-state index contributed by atoms with van der Waals surface area (Å²) in [7, 11) is 0. The molecule has 0 N–H and O–H groups in total. The number of hydrogen-bond donors (Lipinski definition) is 0. The fourth-order valence-corrected chi connectivity index (χ4v) is 3.68. The molecule has 0 radical (unpaired) electrons. The van der Waals surface area contributed by atoms with Crippen molar-refractivity contribution in [3.05, 3.63) is 113 Å². The molecule has 5 heteroatoms. The number of hydrogen-bond acceptors (Lipinski definition) is 3. The lowest BCUT2D eigenvalue weighted by molar-refractivity contribution is 0.689. The summed E-state index contributed by atoms with van der Waals surface area (Å²) in [5, 5.41) is 6.58. The molecule has 31 heavy (non-hydrogen) atoms. The first-order valence-corrected chi connectivity index (χ1v) is 10.4. The maximum atomic E-state index is 6.13. The second-order valence-electron chi connectivity index (χ2n) is 7.26. The Kier molecular flexibility index (Phi) is 5.29. The highest BCUT2D eigenvalue weighted by atomic mass is 35.5. The van der Waals surface area contributed by atoms with E-state index in [-0.39, 0.29) is 0 Å². The third-order valence-corrected chi connectivity index (χ3v) is 5.26. The zero-order valence-electron chi connectivity index (χ0n) is 16.7. The second kappa shape index (κ2) is 8.54. The van der Waals surface area contributed by atoms with Crippen LogP contribution in [0.1, 0.15) is 16.8 Å². The molecular formula is C26H19ClN4. The topological polar surface area (TPSA) is 43.6 Å². The van der Waals surface area contributed by atoms with E-state index < -0.39 is 0 Å². The van der Waals surface area contributed by atoms with Crippen LogP contribution in [0.2, 0.25) is 5.02 Å². The summed E-state index contributed by atoms with van der Waals surface area (Å²) in [4.78, 5) is 8.98. The molecule has 0 saturated heterocycles. The molecule has 5 aromatic rings. The van der Waals surface area contributed by atoms with Gasteiger partial charge in [0.2, 0.25) is 0 Å². The molecule has 0 fully saturated rings. The van der Waals surface area contributed by atoms with E-state index in [1.54, 1.807) is 6.20 Å². The van der Waals surface area contributed by atoms with Crippen LogP contribution in [-0.2, 0) is 6.54 Å². The summed E-state index contributed by atoms with van der Waals surface area (Å²) in [6.07, 6.45) is 9.72. The average molecular weight is 423 g/mol. The highest BCUT2D eigenvalue weighted by Crippen LogP contribution is 2.24. The number of fused-ring (bicyclic) bond motifs is 1. The number of halogens is 1. The molecule has 3 aromatic heterocycles. The van der Waals surface area contributed by atoms with Gasteiger partial charge in [0.15, 0.2) is 0 Å². The lowest BCUT2D eigenvalue weighted by atomic mass is 10.1. The maximum absolute atomic E-state index is 6.13. The van der Waals surface area contributed by atoms with Crippen molar-refractivity contribution in [3.63, 3.8) is 0 Å². The first-order chi connectivity index (χ1) is 15.2. The maximum Gasteiger partial charge on any atom is 0.101 e. The summed E-state index contributed by atoms with van der Waals surface area (Å²) in [5.74, 6) is 0. The van der Waals surface area contributed by atoms with E-state index in [0.717, 1.165) is 33.4 Å². The smallest absolute Gasteiger partial charge is 0.101 e. The molecule has 3 heterocycles. The molecule has 0 atom stereocenters. The van der Waals surface area contributed by atoms with Crippen molar-refractivity contribution in [1.82, 2.24) is 19.7 Å². The van der Waals surface area contributed by atoms with Gasteiger partial charge in [-0.05, 0) is 48.0 Å². The summed E-state index contributed by atoms with van der Waals surface area (Å²) >= 11 is 6.13. The third-order valence-electron chi connectivity index (χ3n) is 5.02. The quantitative estimate of drug-likeness (QED) is 0.330. The molecule has 0 saturated carbocycles. The molecule has 0 amide bonds. The molecule has 0 aliphatic carbocycles. The van der Waals surface area contributed by atoms with Crippen molar-refractivity contribution in [3.8, 4) is 11.3 Å². The van der Waals surface area contributed by atoms with E-state index >= 15 is 0 Å². The van der Waals surface area contributed by atoms with E-state index in [1.807, 2.05) is 71.6 Å². The molecule has 0 bridgehead atoms. The summed E-state index contributed by atoms with van der Waals surface area (Å²) in [5.41, 5.74) is 5.82. The van der Waals surface area contributed by atoms with E-state index in [4.69, 9.17) is 21.7 Å². The largest absolute Gasteiger partial charge is 0.267 e. The van der Waals surface area contributed by atoms with Gasteiger partial charge in [-0.2, -0.15) is 5.10 Å². The highest BCUT2D eigenvalue weighted by molar-refractivity contribution is 6.31. The van der Waals surface area contributed by atoms with Crippen LogP contribution in [0.3, 0.4) is 0 Å². The van der Waals surface area contributed by atoms with E-state index in [2.05, 4.69) is 35.5 Å². The van der Waals surface area contributed by atoms with Crippen LogP contribution in [0.15, 0.2) is 91.4 Å². The first-order valence-electron chi connectivity index (χ1n) is 10.0. The third kappa shape index (κ3) is 4.39. The lowest BCUT2D eigenvalue weighted by Crippen LogP contribution is -2.00. The fraction of sp³-hybridized carbons (Fsp3) is 0.0385.